The standard InChI is InChI=1S/C12H18O6/c1-7(13-1)3-15-9-5-17-12-10(6-18-11(9)12)16-4-8-2-14-8/h7-12H,1-6H2/t7-,8+,9-,10-,11-,12+/m0/s1. The maximum absolute atomic E-state index is 5.77. The van der Waals surface area contributed by atoms with Crippen LogP contribution in [0.2, 0.25) is 0 Å². The van der Waals surface area contributed by atoms with Crippen LogP contribution in [0.5, 0.6) is 0 Å². The Labute approximate surface area is 105 Å². The lowest BCUT2D eigenvalue weighted by molar-refractivity contribution is -0.0541. The van der Waals surface area contributed by atoms with Gasteiger partial charge < -0.3 is 28.4 Å². The van der Waals surface area contributed by atoms with Crippen molar-refractivity contribution >= 4 is 0 Å². The van der Waals surface area contributed by atoms with E-state index in [1.807, 2.05) is 0 Å². The van der Waals surface area contributed by atoms with E-state index in [-0.39, 0.29) is 36.6 Å². The first-order chi connectivity index (χ1) is 8.90. The first-order valence-corrected chi connectivity index (χ1v) is 6.60. The Morgan fingerprint density at radius 2 is 1.11 bits per heavy atom. The van der Waals surface area contributed by atoms with Crippen molar-refractivity contribution in [1.82, 2.24) is 0 Å². The summed E-state index contributed by atoms with van der Waals surface area (Å²) in [5.41, 5.74) is 0. The minimum atomic E-state index is 0.00821. The molecule has 4 fully saturated rings. The van der Waals surface area contributed by atoms with Crippen LogP contribution in [0.25, 0.3) is 0 Å². The van der Waals surface area contributed by atoms with Gasteiger partial charge in [0, 0.05) is 0 Å². The molecule has 6 heteroatoms. The van der Waals surface area contributed by atoms with Gasteiger partial charge in [-0.05, 0) is 0 Å². The summed E-state index contributed by atoms with van der Waals surface area (Å²) in [5, 5.41) is 0. The quantitative estimate of drug-likeness (QED) is 0.590. The third-order valence-electron chi connectivity index (χ3n) is 3.76. The van der Waals surface area contributed by atoms with E-state index in [1.54, 1.807) is 0 Å². The number of epoxide rings is 2. The average molecular weight is 258 g/mol. The summed E-state index contributed by atoms with van der Waals surface area (Å²) in [4.78, 5) is 0. The third-order valence-corrected chi connectivity index (χ3v) is 3.76. The van der Waals surface area contributed by atoms with Gasteiger partial charge in [0.15, 0.2) is 0 Å². The summed E-state index contributed by atoms with van der Waals surface area (Å²) in [6, 6.07) is 0. The average Bonchev–Trinajstić information content (AvgIpc) is 3.28. The molecular weight excluding hydrogens is 240 g/mol. The molecule has 0 saturated carbocycles. The van der Waals surface area contributed by atoms with Gasteiger partial charge in [-0.15, -0.1) is 0 Å². The first-order valence-electron chi connectivity index (χ1n) is 6.60. The van der Waals surface area contributed by atoms with E-state index < -0.39 is 0 Å². The summed E-state index contributed by atoms with van der Waals surface area (Å²) in [6.07, 6.45) is 0.617. The zero-order chi connectivity index (χ0) is 11.9. The molecule has 102 valence electrons. The Morgan fingerprint density at radius 3 is 1.50 bits per heavy atom. The normalized spacial score (nSPS) is 49.3. The fraction of sp³-hybridized carbons (Fsp3) is 1.00. The van der Waals surface area contributed by atoms with Gasteiger partial charge in [0.25, 0.3) is 0 Å². The van der Waals surface area contributed by atoms with Gasteiger partial charge in [0.05, 0.1) is 39.6 Å². The van der Waals surface area contributed by atoms with Crippen LogP contribution in [0.4, 0.5) is 0 Å². The van der Waals surface area contributed by atoms with E-state index in [4.69, 9.17) is 28.4 Å². The molecule has 4 aliphatic heterocycles. The summed E-state index contributed by atoms with van der Waals surface area (Å²) in [6.45, 7) is 4.08. The van der Waals surface area contributed by atoms with Crippen LogP contribution in [0.3, 0.4) is 0 Å². The molecule has 0 unspecified atom stereocenters. The molecule has 0 N–H and O–H groups in total. The third kappa shape index (κ3) is 2.41. The first kappa shape index (κ1) is 11.6. The minimum absolute atomic E-state index is 0.00821. The largest absolute Gasteiger partial charge is 0.371 e. The second-order valence-electron chi connectivity index (χ2n) is 5.25. The van der Waals surface area contributed by atoms with Crippen molar-refractivity contribution < 1.29 is 28.4 Å². The Hall–Kier alpha value is -0.240. The lowest BCUT2D eigenvalue weighted by Gasteiger charge is -2.16. The Bertz CT molecular complexity index is 273. The molecule has 0 aromatic carbocycles. The Kier molecular flexibility index (Phi) is 3.02. The highest BCUT2D eigenvalue weighted by atomic mass is 16.7. The molecule has 0 aromatic rings. The predicted octanol–water partition coefficient (Wildman–Crippen LogP) is -0.648. The molecule has 0 aliphatic carbocycles. The molecule has 0 spiro atoms. The fourth-order valence-corrected chi connectivity index (χ4v) is 2.51. The van der Waals surface area contributed by atoms with Crippen molar-refractivity contribution in [2.45, 2.75) is 36.6 Å². The van der Waals surface area contributed by atoms with E-state index in [9.17, 15) is 0 Å². The number of hydrogen-bond acceptors (Lipinski definition) is 6. The maximum atomic E-state index is 5.77. The molecular formula is C12H18O6. The molecule has 0 aromatic heterocycles. The van der Waals surface area contributed by atoms with Gasteiger partial charge in [-0.25, -0.2) is 0 Å². The fourth-order valence-electron chi connectivity index (χ4n) is 2.51. The van der Waals surface area contributed by atoms with Gasteiger partial charge in [-0.3, -0.25) is 0 Å². The van der Waals surface area contributed by atoms with Gasteiger partial charge in [0.2, 0.25) is 0 Å². The lowest BCUT2D eigenvalue weighted by Crippen LogP contribution is -2.35. The summed E-state index contributed by atoms with van der Waals surface area (Å²) in [7, 11) is 0. The lowest BCUT2D eigenvalue weighted by atomic mass is 10.1. The number of ether oxygens (including phenoxy) is 6. The molecule has 18 heavy (non-hydrogen) atoms. The molecule has 0 amide bonds. The van der Waals surface area contributed by atoms with Crippen LogP contribution >= 0.6 is 0 Å². The number of rotatable bonds is 6. The highest BCUT2D eigenvalue weighted by Crippen LogP contribution is 2.31. The second kappa shape index (κ2) is 4.70. The molecule has 6 nitrogen and oxygen atoms in total. The SMILES string of the molecule is C1O[C@H]1CO[C@H]1CO[C@@H]2[C@@H]1OC[C@@H]2OC[C@@H]1CO1. The van der Waals surface area contributed by atoms with Crippen molar-refractivity contribution in [2.24, 2.45) is 0 Å². The molecule has 4 aliphatic rings. The monoisotopic (exact) mass is 258 g/mol. The van der Waals surface area contributed by atoms with Crippen molar-refractivity contribution in [3.63, 3.8) is 0 Å². The highest BCUT2D eigenvalue weighted by molar-refractivity contribution is 4.96. The Morgan fingerprint density at radius 1 is 0.667 bits per heavy atom. The van der Waals surface area contributed by atoms with Crippen LogP contribution in [-0.2, 0) is 28.4 Å². The van der Waals surface area contributed by atoms with Crippen molar-refractivity contribution in [2.75, 3.05) is 39.6 Å². The minimum Gasteiger partial charge on any atom is -0.371 e. The van der Waals surface area contributed by atoms with E-state index in [0.29, 0.717) is 26.4 Å². The van der Waals surface area contributed by atoms with Gasteiger partial charge in [-0.2, -0.15) is 0 Å². The predicted molar refractivity (Wildman–Crippen MR) is 58.4 cm³/mol. The van der Waals surface area contributed by atoms with Crippen LogP contribution in [-0.4, -0.2) is 76.3 Å². The van der Waals surface area contributed by atoms with Crippen molar-refractivity contribution in [3.05, 3.63) is 0 Å². The zero-order valence-corrected chi connectivity index (χ0v) is 10.2. The smallest absolute Gasteiger partial charge is 0.115 e. The van der Waals surface area contributed by atoms with Gasteiger partial charge in [-0.1, -0.05) is 0 Å². The van der Waals surface area contributed by atoms with Crippen molar-refractivity contribution in [3.8, 4) is 0 Å². The molecule has 6 atom stereocenters. The van der Waals surface area contributed by atoms with Gasteiger partial charge >= 0.3 is 0 Å². The van der Waals surface area contributed by atoms with Gasteiger partial charge in [0.1, 0.15) is 36.6 Å². The topological polar surface area (TPSA) is 62.0 Å². The Balaban J connectivity index is 1.27. The zero-order valence-electron chi connectivity index (χ0n) is 10.2. The summed E-state index contributed by atoms with van der Waals surface area (Å²) < 4.78 is 33.3. The number of fused-ring (bicyclic) bond motifs is 1. The van der Waals surface area contributed by atoms with Crippen LogP contribution in [0, 0.1) is 0 Å². The summed E-state index contributed by atoms with van der Waals surface area (Å²) >= 11 is 0. The summed E-state index contributed by atoms with van der Waals surface area (Å²) in [5.74, 6) is 0. The highest BCUT2D eigenvalue weighted by Gasteiger charge is 2.49. The molecule has 0 radical (unpaired) electrons. The second-order valence-corrected chi connectivity index (χ2v) is 5.25. The number of hydrogen-bond donors (Lipinski definition) is 0. The molecule has 4 heterocycles. The van der Waals surface area contributed by atoms with Crippen molar-refractivity contribution in [1.29, 1.82) is 0 Å². The van der Waals surface area contributed by atoms with E-state index in [2.05, 4.69) is 0 Å². The molecule has 0 bridgehead atoms. The van der Waals surface area contributed by atoms with E-state index in [0.717, 1.165) is 13.2 Å². The van der Waals surface area contributed by atoms with E-state index >= 15 is 0 Å². The van der Waals surface area contributed by atoms with Crippen LogP contribution in [0.1, 0.15) is 0 Å². The van der Waals surface area contributed by atoms with Crippen LogP contribution in [0.15, 0.2) is 0 Å². The van der Waals surface area contributed by atoms with Crippen LogP contribution < -0.4 is 0 Å². The van der Waals surface area contributed by atoms with E-state index in [1.165, 1.54) is 0 Å². The molecule has 4 rings (SSSR count). The maximum Gasteiger partial charge on any atom is 0.115 e. The molecule has 4 saturated heterocycles.